The molecule has 1 saturated carbocycles. The Bertz CT molecular complexity index is 1110. The van der Waals surface area contributed by atoms with E-state index >= 15 is 0 Å². The first kappa shape index (κ1) is 22.1. The van der Waals surface area contributed by atoms with Crippen LogP contribution in [0.1, 0.15) is 26.7 Å². The van der Waals surface area contributed by atoms with Crippen LogP contribution in [0.15, 0.2) is 35.3 Å². The smallest absolute Gasteiger partial charge is 0.316 e. The Labute approximate surface area is 187 Å². The maximum atomic E-state index is 13.3. The van der Waals surface area contributed by atoms with Gasteiger partial charge in [0.1, 0.15) is 5.69 Å². The summed E-state index contributed by atoms with van der Waals surface area (Å²) in [5.41, 5.74) is 0.816. The molecule has 0 bridgehead atoms. The predicted octanol–water partition coefficient (Wildman–Crippen LogP) is 2.53. The van der Waals surface area contributed by atoms with Gasteiger partial charge in [0.05, 0.1) is 23.7 Å². The molecule has 1 saturated heterocycles. The zero-order chi connectivity index (χ0) is 22.2. The largest absolute Gasteiger partial charge is 0.486 e. The number of hydrogen-bond acceptors (Lipinski definition) is 6. The lowest BCUT2D eigenvalue weighted by Gasteiger charge is -2.36. The summed E-state index contributed by atoms with van der Waals surface area (Å²) >= 11 is 6.09. The van der Waals surface area contributed by atoms with E-state index in [4.69, 9.17) is 16.3 Å². The van der Waals surface area contributed by atoms with Crippen LogP contribution in [0.3, 0.4) is 0 Å². The first-order valence-corrected chi connectivity index (χ1v) is 12.4. The van der Waals surface area contributed by atoms with Crippen LogP contribution in [0.5, 0.6) is 5.75 Å². The van der Waals surface area contributed by atoms with E-state index in [1.54, 1.807) is 44.3 Å². The Kier molecular flexibility index (Phi) is 6.27. The highest BCUT2D eigenvalue weighted by molar-refractivity contribution is 7.89. The molecule has 1 aliphatic carbocycles. The van der Waals surface area contributed by atoms with Crippen molar-refractivity contribution in [2.24, 2.45) is 5.92 Å². The average molecular weight is 467 g/mol. The molecule has 0 N–H and O–H groups in total. The number of sulfonamides is 1. The molecule has 2 heterocycles. The standard InChI is InChI=1S/C21H27ClN4O4S/c1-15(2)31(28,29)25-10-8-24(9-11-25)19-13-23-26(18-5-3-4-17(22)12-18)21(27)20(19)30-14-16-6-7-16/h3-5,12-13,15-16H,6-11,14H2,1-2H3. The second kappa shape index (κ2) is 8.80. The predicted molar refractivity (Wildman–Crippen MR) is 121 cm³/mol. The van der Waals surface area contributed by atoms with E-state index in [1.165, 1.54) is 8.99 Å². The second-order valence-corrected chi connectivity index (χ2v) is 11.2. The number of rotatable bonds is 7. The zero-order valence-electron chi connectivity index (χ0n) is 17.7. The Morgan fingerprint density at radius 1 is 1.19 bits per heavy atom. The molecule has 0 spiro atoms. The van der Waals surface area contributed by atoms with Crippen molar-refractivity contribution in [3.05, 3.63) is 45.8 Å². The third-order valence-electron chi connectivity index (χ3n) is 5.66. The number of anilines is 1. The van der Waals surface area contributed by atoms with Gasteiger partial charge in [0.25, 0.3) is 0 Å². The molecule has 10 heteroatoms. The molecule has 0 unspecified atom stereocenters. The summed E-state index contributed by atoms with van der Waals surface area (Å²) in [6, 6.07) is 6.94. The van der Waals surface area contributed by atoms with Gasteiger partial charge < -0.3 is 9.64 Å². The minimum Gasteiger partial charge on any atom is -0.486 e. The zero-order valence-corrected chi connectivity index (χ0v) is 19.3. The summed E-state index contributed by atoms with van der Waals surface area (Å²) in [4.78, 5) is 15.3. The molecule has 31 heavy (non-hydrogen) atoms. The minimum atomic E-state index is -3.30. The SMILES string of the molecule is CC(C)S(=O)(=O)N1CCN(c2cnn(-c3cccc(Cl)c3)c(=O)c2OCC2CC2)CC1. The normalized spacial score (nSPS) is 17.9. The molecule has 1 aromatic carbocycles. The van der Waals surface area contributed by atoms with Crippen LogP contribution in [-0.4, -0.2) is 60.5 Å². The fourth-order valence-corrected chi connectivity index (χ4v) is 5.00. The molecular formula is C21H27ClN4O4S. The van der Waals surface area contributed by atoms with Gasteiger partial charge in [-0.3, -0.25) is 4.79 Å². The third-order valence-corrected chi connectivity index (χ3v) is 8.17. The fourth-order valence-electron chi connectivity index (χ4n) is 3.55. The van der Waals surface area contributed by atoms with Gasteiger partial charge in [0.2, 0.25) is 15.8 Å². The first-order valence-electron chi connectivity index (χ1n) is 10.5. The topological polar surface area (TPSA) is 84.7 Å². The number of hydrogen-bond donors (Lipinski definition) is 0. The average Bonchev–Trinajstić information content (AvgIpc) is 3.57. The van der Waals surface area contributed by atoms with Crippen LogP contribution < -0.4 is 15.2 Å². The number of ether oxygens (including phenoxy) is 1. The number of nitrogens with zero attached hydrogens (tertiary/aromatic N) is 4. The molecule has 0 amide bonds. The molecule has 2 aromatic rings. The number of halogens is 1. The van der Waals surface area contributed by atoms with Crippen molar-refractivity contribution in [1.29, 1.82) is 0 Å². The highest BCUT2D eigenvalue weighted by Crippen LogP contribution is 2.32. The minimum absolute atomic E-state index is 0.252. The van der Waals surface area contributed by atoms with Crippen molar-refractivity contribution in [2.45, 2.75) is 31.9 Å². The van der Waals surface area contributed by atoms with Crippen LogP contribution in [0.25, 0.3) is 5.69 Å². The summed E-state index contributed by atoms with van der Waals surface area (Å²) in [7, 11) is -3.30. The van der Waals surface area contributed by atoms with Gasteiger partial charge in [-0.2, -0.15) is 14.1 Å². The number of aromatic nitrogens is 2. The van der Waals surface area contributed by atoms with Gasteiger partial charge in [-0.25, -0.2) is 8.42 Å². The molecule has 2 fully saturated rings. The van der Waals surface area contributed by atoms with E-state index in [0.717, 1.165) is 12.8 Å². The van der Waals surface area contributed by atoms with Crippen molar-refractivity contribution in [3.8, 4) is 11.4 Å². The number of piperazine rings is 1. The van der Waals surface area contributed by atoms with Gasteiger partial charge in [0, 0.05) is 31.2 Å². The Morgan fingerprint density at radius 3 is 2.52 bits per heavy atom. The van der Waals surface area contributed by atoms with E-state index in [0.29, 0.717) is 55.1 Å². The van der Waals surface area contributed by atoms with Crippen LogP contribution in [0.2, 0.25) is 5.02 Å². The monoisotopic (exact) mass is 466 g/mol. The van der Waals surface area contributed by atoms with E-state index in [1.807, 2.05) is 4.90 Å². The molecule has 8 nitrogen and oxygen atoms in total. The summed E-state index contributed by atoms with van der Waals surface area (Å²) in [6.07, 6.45) is 3.83. The Balaban J connectivity index is 1.63. The van der Waals surface area contributed by atoms with Crippen molar-refractivity contribution in [3.63, 3.8) is 0 Å². The van der Waals surface area contributed by atoms with E-state index in [9.17, 15) is 13.2 Å². The van der Waals surface area contributed by atoms with Crippen molar-refractivity contribution in [2.75, 3.05) is 37.7 Å². The number of benzene rings is 1. The summed E-state index contributed by atoms with van der Waals surface area (Å²) in [5, 5.41) is 4.41. The quantitative estimate of drug-likeness (QED) is 0.623. The maximum absolute atomic E-state index is 13.3. The van der Waals surface area contributed by atoms with Crippen LogP contribution in [-0.2, 0) is 10.0 Å². The molecule has 1 aromatic heterocycles. The molecule has 2 aliphatic rings. The molecular weight excluding hydrogens is 440 g/mol. The van der Waals surface area contributed by atoms with Gasteiger partial charge in [-0.05, 0) is 50.8 Å². The van der Waals surface area contributed by atoms with E-state index in [2.05, 4.69) is 5.10 Å². The molecule has 4 rings (SSSR count). The highest BCUT2D eigenvalue weighted by Gasteiger charge is 2.31. The summed E-state index contributed by atoms with van der Waals surface area (Å²) in [5.74, 6) is 0.732. The van der Waals surface area contributed by atoms with Crippen LogP contribution in [0.4, 0.5) is 5.69 Å². The van der Waals surface area contributed by atoms with Gasteiger partial charge in [-0.1, -0.05) is 17.7 Å². The second-order valence-electron chi connectivity index (χ2n) is 8.29. The van der Waals surface area contributed by atoms with Crippen molar-refractivity contribution >= 4 is 27.3 Å². The lowest BCUT2D eigenvalue weighted by atomic mass is 10.3. The van der Waals surface area contributed by atoms with E-state index in [-0.39, 0.29) is 11.3 Å². The molecule has 0 atom stereocenters. The van der Waals surface area contributed by atoms with E-state index < -0.39 is 15.3 Å². The van der Waals surface area contributed by atoms with Gasteiger partial charge >= 0.3 is 5.56 Å². The molecule has 0 radical (unpaired) electrons. The Hall–Kier alpha value is -2.10. The third kappa shape index (κ3) is 4.73. The molecule has 168 valence electrons. The summed E-state index contributed by atoms with van der Waals surface area (Å²) < 4.78 is 33.7. The van der Waals surface area contributed by atoms with Crippen LogP contribution in [0, 0.1) is 5.92 Å². The lowest BCUT2D eigenvalue weighted by molar-refractivity contribution is 0.292. The van der Waals surface area contributed by atoms with Gasteiger partial charge in [-0.15, -0.1) is 0 Å². The first-order chi connectivity index (χ1) is 14.8. The van der Waals surface area contributed by atoms with Crippen molar-refractivity contribution < 1.29 is 13.2 Å². The fraction of sp³-hybridized carbons (Fsp3) is 0.524. The van der Waals surface area contributed by atoms with Crippen LogP contribution >= 0.6 is 11.6 Å². The lowest BCUT2D eigenvalue weighted by Crippen LogP contribution is -2.50. The van der Waals surface area contributed by atoms with Gasteiger partial charge in [0.15, 0.2) is 0 Å². The molecule has 1 aliphatic heterocycles. The summed E-state index contributed by atoms with van der Waals surface area (Å²) in [6.45, 7) is 5.52. The highest BCUT2D eigenvalue weighted by atomic mass is 35.5. The maximum Gasteiger partial charge on any atom is 0.316 e. The van der Waals surface area contributed by atoms with Crippen molar-refractivity contribution in [1.82, 2.24) is 14.1 Å². The Morgan fingerprint density at radius 2 is 1.90 bits per heavy atom.